The third kappa shape index (κ3) is 3.77. The van der Waals surface area contributed by atoms with Crippen LogP contribution in [0.25, 0.3) is 10.9 Å². The van der Waals surface area contributed by atoms with Gasteiger partial charge in [0, 0.05) is 0 Å². The molecule has 7 heteroatoms. The number of ether oxygens (including phenoxy) is 1. The molecule has 0 aliphatic heterocycles. The van der Waals surface area contributed by atoms with Crippen molar-refractivity contribution in [1.29, 1.82) is 0 Å². The van der Waals surface area contributed by atoms with Crippen LogP contribution in [0, 0.1) is 5.82 Å². The van der Waals surface area contributed by atoms with Crippen LogP contribution in [0.15, 0.2) is 58.5 Å². The van der Waals surface area contributed by atoms with E-state index in [4.69, 9.17) is 4.74 Å². The summed E-state index contributed by atoms with van der Waals surface area (Å²) in [5.74, 6) is -0.739. The maximum Gasteiger partial charge on any atom is 0.318 e. The molecule has 0 unspecified atom stereocenters. The van der Waals surface area contributed by atoms with Gasteiger partial charge in [-0.05, 0) is 36.8 Å². The Kier molecular flexibility index (Phi) is 5.37. The monoisotopic (exact) mass is 372 g/mol. The van der Waals surface area contributed by atoms with Crippen molar-refractivity contribution >= 4 is 28.6 Å². The zero-order valence-electron chi connectivity index (χ0n) is 14.3. The Bertz CT molecular complexity index is 1000. The standard InChI is InChI=1S/C19H17FN2O3S/c1-12(18(24)25-2)26-19-21-16-6-4-3-5-15(16)17(23)22(19)11-13-7-9-14(20)10-8-13/h3-10,12H,11H2,1-2H3/t12-/m1/s1. The topological polar surface area (TPSA) is 61.2 Å². The van der Waals surface area contributed by atoms with Crippen LogP contribution in [0.2, 0.25) is 0 Å². The van der Waals surface area contributed by atoms with Gasteiger partial charge in [0.05, 0.1) is 24.6 Å². The zero-order chi connectivity index (χ0) is 18.7. The summed E-state index contributed by atoms with van der Waals surface area (Å²) in [5, 5.41) is 0.383. The van der Waals surface area contributed by atoms with Crippen molar-refractivity contribution in [3.63, 3.8) is 0 Å². The molecule has 1 aromatic heterocycles. The lowest BCUT2D eigenvalue weighted by Crippen LogP contribution is -2.25. The highest BCUT2D eigenvalue weighted by Crippen LogP contribution is 2.24. The van der Waals surface area contributed by atoms with E-state index in [9.17, 15) is 14.0 Å². The Hall–Kier alpha value is -2.67. The summed E-state index contributed by atoms with van der Waals surface area (Å²) in [6.45, 7) is 1.92. The largest absolute Gasteiger partial charge is 0.468 e. The minimum Gasteiger partial charge on any atom is -0.468 e. The van der Waals surface area contributed by atoms with Gasteiger partial charge in [-0.2, -0.15) is 0 Å². The summed E-state index contributed by atoms with van der Waals surface area (Å²) in [5.41, 5.74) is 1.12. The lowest BCUT2D eigenvalue weighted by molar-refractivity contribution is -0.139. The second-order valence-corrected chi connectivity index (χ2v) is 7.02. The Labute approximate surface area is 153 Å². The number of rotatable bonds is 5. The van der Waals surface area contributed by atoms with Gasteiger partial charge in [-0.25, -0.2) is 9.37 Å². The number of carbonyl (C=O) groups is 1. The first-order valence-corrected chi connectivity index (χ1v) is 8.86. The summed E-state index contributed by atoms with van der Waals surface area (Å²) in [6, 6.07) is 13.0. The van der Waals surface area contributed by atoms with Gasteiger partial charge in [0.2, 0.25) is 0 Å². The van der Waals surface area contributed by atoms with Crippen molar-refractivity contribution in [2.75, 3.05) is 7.11 Å². The summed E-state index contributed by atoms with van der Waals surface area (Å²) in [7, 11) is 1.32. The molecule has 134 valence electrons. The van der Waals surface area contributed by atoms with Crippen LogP contribution < -0.4 is 5.56 Å². The van der Waals surface area contributed by atoms with Gasteiger partial charge in [0.1, 0.15) is 11.1 Å². The molecule has 26 heavy (non-hydrogen) atoms. The Morgan fingerprint density at radius 1 is 1.23 bits per heavy atom. The van der Waals surface area contributed by atoms with Crippen LogP contribution in [-0.4, -0.2) is 27.9 Å². The lowest BCUT2D eigenvalue weighted by atomic mass is 10.2. The van der Waals surface area contributed by atoms with E-state index in [0.29, 0.717) is 16.1 Å². The molecule has 1 atom stereocenters. The molecule has 1 heterocycles. The molecule has 0 aliphatic rings. The second-order valence-electron chi connectivity index (χ2n) is 5.71. The molecule has 0 amide bonds. The molecule has 0 saturated carbocycles. The number of fused-ring (bicyclic) bond motifs is 1. The highest BCUT2D eigenvalue weighted by Gasteiger charge is 2.20. The first-order valence-electron chi connectivity index (χ1n) is 7.98. The number of nitrogens with zero attached hydrogens (tertiary/aromatic N) is 2. The van der Waals surface area contributed by atoms with E-state index in [1.807, 2.05) is 0 Å². The average Bonchev–Trinajstić information content (AvgIpc) is 2.65. The highest BCUT2D eigenvalue weighted by atomic mass is 32.2. The average molecular weight is 372 g/mol. The van der Waals surface area contributed by atoms with Crippen molar-refractivity contribution in [3.8, 4) is 0 Å². The van der Waals surface area contributed by atoms with Crippen LogP contribution in [0.1, 0.15) is 12.5 Å². The zero-order valence-corrected chi connectivity index (χ0v) is 15.1. The fourth-order valence-electron chi connectivity index (χ4n) is 2.52. The molecule has 0 aliphatic carbocycles. The first kappa shape index (κ1) is 18.1. The number of hydrogen-bond acceptors (Lipinski definition) is 5. The highest BCUT2D eigenvalue weighted by molar-refractivity contribution is 8.00. The number of esters is 1. The van der Waals surface area contributed by atoms with Crippen molar-refractivity contribution in [2.24, 2.45) is 0 Å². The third-order valence-electron chi connectivity index (χ3n) is 3.90. The van der Waals surface area contributed by atoms with Crippen molar-refractivity contribution < 1.29 is 13.9 Å². The molecule has 0 saturated heterocycles. The molecule has 5 nitrogen and oxygen atoms in total. The van der Waals surface area contributed by atoms with Gasteiger partial charge >= 0.3 is 5.97 Å². The van der Waals surface area contributed by atoms with E-state index in [1.165, 1.54) is 23.8 Å². The molecule has 2 aromatic carbocycles. The van der Waals surface area contributed by atoms with Crippen LogP contribution in [-0.2, 0) is 16.1 Å². The van der Waals surface area contributed by atoms with E-state index in [-0.39, 0.29) is 17.9 Å². The molecule has 0 bridgehead atoms. The van der Waals surface area contributed by atoms with Gasteiger partial charge in [-0.15, -0.1) is 0 Å². The van der Waals surface area contributed by atoms with Crippen LogP contribution in [0.3, 0.4) is 0 Å². The number of halogens is 1. The van der Waals surface area contributed by atoms with Gasteiger partial charge in [0.15, 0.2) is 5.16 Å². The van der Waals surface area contributed by atoms with E-state index >= 15 is 0 Å². The number of carbonyl (C=O) groups excluding carboxylic acids is 1. The molecule has 0 N–H and O–H groups in total. The third-order valence-corrected chi connectivity index (χ3v) is 4.96. The van der Waals surface area contributed by atoms with Gasteiger partial charge in [0.25, 0.3) is 5.56 Å². The van der Waals surface area contributed by atoms with Crippen LogP contribution >= 0.6 is 11.8 Å². The molecule has 3 aromatic rings. The van der Waals surface area contributed by atoms with Crippen LogP contribution in [0.4, 0.5) is 4.39 Å². The predicted molar refractivity (Wildman–Crippen MR) is 98.8 cm³/mol. The molecular weight excluding hydrogens is 355 g/mol. The fourth-order valence-corrected chi connectivity index (χ4v) is 3.46. The SMILES string of the molecule is COC(=O)[C@@H](C)Sc1nc2ccccc2c(=O)n1Cc1ccc(F)cc1. The summed E-state index contributed by atoms with van der Waals surface area (Å²) >= 11 is 1.16. The first-order chi connectivity index (χ1) is 12.5. The second kappa shape index (κ2) is 7.70. The maximum absolute atomic E-state index is 13.2. The van der Waals surface area contributed by atoms with E-state index in [1.54, 1.807) is 43.3 Å². The minimum absolute atomic E-state index is 0.209. The fraction of sp³-hybridized carbons (Fsp3) is 0.211. The Balaban J connectivity index is 2.09. The summed E-state index contributed by atoms with van der Waals surface area (Å²) in [4.78, 5) is 29.3. The number of hydrogen-bond donors (Lipinski definition) is 0. The number of thioether (sulfide) groups is 1. The van der Waals surface area contributed by atoms with Crippen molar-refractivity contribution in [1.82, 2.24) is 9.55 Å². The van der Waals surface area contributed by atoms with Gasteiger partial charge in [-0.3, -0.25) is 14.2 Å². The van der Waals surface area contributed by atoms with E-state index < -0.39 is 11.2 Å². The number of aromatic nitrogens is 2. The number of para-hydroxylation sites is 1. The van der Waals surface area contributed by atoms with Crippen molar-refractivity contribution in [3.05, 3.63) is 70.3 Å². The summed E-state index contributed by atoms with van der Waals surface area (Å²) in [6.07, 6.45) is 0. The van der Waals surface area contributed by atoms with E-state index in [0.717, 1.165) is 17.3 Å². The van der Waals surface area contributed by atoms with Gasteiger partial charge < -0.3 is 4.74 Å². The molecule has 0 fully saturated rings. The summed E-state index contributed by atoms with van der Waals surface area (Å²) < 4.78 is 19.4. The normalized spacial score (nSPS) is 12.1. The van der Waals surface area contributed by atoms with Crippen molar-refractivity contribution in [2.45, 2.75) is 23.9 Å². The maximum atomic E-state index is 13.2. The predicted octanol–water partition coefficient (Wildman–Crippen LogP) is 3.24. The van der Waals surface area contributed by atoms with Crippen LogP contribution in [0.5, 0.6) is 0 Å². The quantitative estimate of drug-likeness (QED) is 0.391. The van der Waals surface area contributed by atoms with Gasteiger partial charge in [-0.1, -0.05) is 36.0 Å². The molecular formula is C19H17FN2O3S. The smallest absolute Gasteiger partial charge is 0.318 e. The Morgan fingerprint density at radius 2 is 1.92 bits per heavy atom. The lowest BCUT2D eigenvalue weighted by Gasteiger charge is -2.15. The number of benzene rings is 2. The van der Waals surface area contributed by atoms with E-state index in [2.05, 4.69) is 4.98 Å². The Morgan fingerprint density at radius 3 is 2.62 bits per heavy atom. The molecule has 0 radical (unpaired) electrons. The minimum atomic E-state index is -0.521. The number of methoxy groups -OCH3 is 1. The molecule has 0 spiro atoms. The molecule has 3 rings (SSSR count).